The molecule has 0 amide bonds. The van der Waals surface area contributed by atoms with Gasteiger partial charge in [-0.1, -0.05) is 66.2 Å². The molecule has 0 heterocycles. The minimum Gasteiger partial charge on any atom is -0.0971 e. The molecule has 0 aromatic rings. The van der Waals surface area contributed by atoms with Gasteiger partial charge >= 0.3 is 0 Å². The first-order valence-corrected chi connectivity index (χ1v) is 11.2. The van der Waals surface area contributed by atoms with Crippen LogP contribution in [0.25, 0.3) is 0 Å². The minimum absolute atomic E-state index is 0.358. The summed E-state index contributed by atoms with van der Waals surface area (Å²) in [6.45, 7) is 2.53. The van der Waals surface area contributed by atoms with Crippen molar-refractivity contribution in [3.63, 3.8) is 0 Å². The van der Waals surface area contributed by atoms with Gasteiger partial charge in [0.15, 0.2) is 0 Å². The number of hydrogen-bond donors (Lipinski definition) is 0. The second-order valence-corrected chi connectivity index (χ2v) is 11.0. The van der Waals surface area contributed by atoms with Crippen molar-refractivity contribution < 1.29 is 0 Å². The van der Waals surface area contributed by atoms with Crippen molar-refractivity contribution in [2.45, 2.75) is 114 Å². The predicted molar refractivity (Wildman–Crippen MR) is 92.1 cm³/mol. The Hall–Kier alpha value is 0.430. The molecule has 0 radical (unpaired) electrons. The fraction of sp³-hybridized carbons (Fsp3) is 1.00. The Bertz CT molecular complexity index is 257. The van der Waals surface area contributed by atoms with E-state index in [1.165, 1.54) is 36.2 Å². The molecule has 3 fully saturated rings. The maximum Gasteiger partial charge on any atom is -0.0202 e. The fourth-order valence-corrected chi connectivity index (χ4v) is 10.1. The zero-order valence-electron chi connectivity index (χ0n) is 13.7. The molecule has 1 heteroatoms. The molecule has 3 saturated carbocycles. The van der Waals surface area contributed by atoms with Gasteiger partial charge in [0.1, 0.15) is 0 Å². The Labute approximate surface area is 128 Å². The molecule has 0 aliphatic heterocycles. The summed E-state index contributed by atoms with van der Waals surface area (Å²) < 4.78 is 0. The number of hydrogen-bond acceptors (Lipinski definition) is 0. The smallest absolute Gasteiger partial charge is 0.0202 e. The van der Waals surface area contributed by atoms with Crippen LogP contribution in [0.2, 0.25) is 0 Å². The first kappa shape index (κ1) is 15.3. The van der Waals surface area contributed by atoms with Gasteiger partial charge in [-0.05, 0) is 61.4 Å². The molecule has 0 aromatic heterocycles. The van der Waals surface area contributed by atoms with Gasteiger partial charge in [-0.3, -0.25) is 0 Å². The fourth-order valence-electron chi connectivity index (χ4n) is 5.33. The molecule has 3 rings (SSSR count). The van der Waals surface area contributed by atoms with E-state index in [0.29, 0.717) is 7.92 Å². The molecule has 0 N–H and O–H groups in total. The topological polar surface area (TPSA) is 0 Å². The van der Waals surface area contributed by atoms with Gasteiger partial charge in [0.25, 0.3) is 0 Å². The third-order valence-corrected chi connectivity index (χ3v) is 10.4. The molecule has 0 bridgehead atoms. The van der Waals surface area contributed by atoms with E-state index >= 15 is 0 Å². The van der Waals surface area contributed by atoms with Crippen LogP contribution in [-0.2, 0) is 0 Å². The first-order valence-electron chi connectivity index (χ1n) is 9.62. The van der Waals surface area contributed by atoms with Crippen LogP contribution in [0.1, 0.15) is 96.8 Å². The highest BCUT2D eigenvalue weighted by Gasteiger charge is 2.37. The van der Waals surface area contributed by atoms with Crippen LogP contribution in [0.3, 0.4) is 0 Å². The quantitative estimate of drug-likeness (QED) is 0.507. The first-order chi connectivity index (χ1) is 9.84. The molecule has 0 nitrogen and oxygen atoms in total. The Morgan fingerprint density at radius 1 is 0.550 bits per heavy atom. The van der Waals surface area contributed by atoms with E-state index in [2.05, 4.69) is 6.92 Å². The molecule has 2 atom stereocenters. The van der Waals surface area contributed by atoms with Crippen LogP contribution in [0.15, 0.2) is 0 Å². The third kappa shape index (κ3) is 3.79. The van der Waals surface area contributed by atoms with Gasteiger partial charge in [-0.2, -0.15) is 0 Å². The van der Waals surface area contributed by atoms with Crippen molar-refractivity contribution in [3.05, 3.63) is 0 Å². The molecule has 3 aliphatic rings. The van der Waals surface area contributed by atoms with E-state index in [9.17, 15) is 0 Å². The summed E-state index contributed by atoms with van der Waals surface area (Å²) in [5.41, 5.74) is 3.52. The van der Waals surface area contributed by atoms with Gasteiger partial charge in [0, 0.05) is 0 Å². The van der Waals surface area contributed by atoms with Crippen LogP contribution < -0.4 is 0 Å². The molecule has 20 heavy (non-hydrogen) atoms. The van der Waals surface area contributed by atoms with E-state index in [0.717, 1.165) is 5.92 Å². The van der Waals surface area contributed by atoms with Crippen LogP contribution in [0.5, 0.6) is 0 Å². The predicted octanol–water partition coefficient (Wildman–Crippen LogP) is 6.71. The highest BCUT2D eigenvalue weighted by Crippen LogP contribution is 2.62. The summed E-state index contributed by atoms with van der Waals surface area (Å²) in [4.78, 5) is 0. The van der Waals surface area contributed by atoms with Crippen molar-refractivity contribution in [1.82, 2.24) is 0 Å². The van der Waals surface area contributed by atoms with E-state index < -0.39 is 0 Å². The highest BCUT2D eigenvalue weighted by molar-refractivity contribution is 7.60. The van der Waals surface area contributed by atoms with Gasteiger partial charge in [-0.15, -0.1) is 0 Å². The average Bonchev–Trinajstić information content (AvgIpc) is 2.50. The molecule has 0 aromatic carbocycles. The summed E-state index contributed by atoms with van der Waals surface area (Å²) in [6.07, 6.45) is 22.0. The van der Waals surface area contributed by atoms with Gasteiger partial charge < -0.3 is 0 Å². The molecule has 116 valence electrons. The Kier molecular flexibility index (Phi) is 5.84. The highest BCUT2D eigenvalue weighted by atomic mass is 31.1. The Morgan fingerprint density at radius 2 is 1.05 bits per heavy atom. The summed E-state index contributed by atoms with van der Waals surface area (Å²) in [7, 11) is 0.358. The molecule has 2 unspecified atom stereocenters. The molecule has 3 aliphatic carbocycles. The molecular formula is C19H35P. The summed E-state index contributed by atoms with van der Waals surface area (Å²) >= 11 is 0. The lowest BCUT2D eigenvalue weighted by Gasteiger charge is -2.45. The molecular weight excluding hydrogens is 259 g/mol. The van der Waals surface area contributed by atoms with Crippen molar-refractivity contribution in [2.24, 2.45) is 5.92 Å². The summed E-state index contributed by atoms with van der Waals surface area (Å²) in [5.74, 6) is 1.03. The third-order valence-electron chi connectivity index (χ3n) is 6.32. The van der Waals surface area contributed by atoms with Crippen molar-refractivity contribution in [2.75, 3.05) is 0 Å². The van der Waals surface area contributed by atoms with Crippen LogP contribution in [-0.4, -0.2) is 17.0 Å². The summed E-state index contributed by atoms with van der Waals surface area (Å²) in [6, 6.07) is 0. The van der Waals surface area contributed by atoms with Crippen molar-refractivity contribution in [1.29, 1.82) is 0 Å². The Balaban J connectivity index is 1.70. The maximum absolute atomic E-state index is 2.53. The van der Waals surface area contributed by atoms with Crippen molar-refractivity contribution >= 4 is 7.92 Å². The normalized spacial score (nSPS) is 34.5. The lowest BCUT2D eigenvalue weighted by atomic mass is 9.90. The van der Waals surface area contributed by atoms with Gasteiger partial charge in [0.2, 0.25) is 0 Å². The van der Waals surface area contributed by atoms with E-state index in [1.807, 2.05) is 0 Å². The number of rotatable bonds is 3. The van der Waals surface area contributed by atoms with Gasteiger partial charge in [0.05, 0.1) is 0 Å². The SMILES string of the molecule is CC1CCCC(P(C2CCCCC2)C2CCCCC2)C1. The van der Waals surface area contributed by atoms with Crippen LogP contribution in [0.4, 0.5) is 0 Å². The second kappa shape index (κ2) is 7.62. The van der Waals surface area contributed by atoms with E-state index in [4.69, 9.17) is 0 Å². The Morgan fingerprint density at radius 3 is 1.55 bits per heavy atom. The summed E-state index contributed by atoms with van der Waals surface area (Å²) in [5, 5.41) is 0. The van der Waals surface area contributed by atoms with E-state index in [-0.39, 0.29) is 0 Å². The van der Waals surface area contributed by atoms with Crippen molar-refractivity contribution in [3.8, 4) is 0 Å². The molecule has 0 saturated heterocycles. The van der Waals surface area contributed by atoms with E-state index in [1.54, 1.807) is 70.6 Å². The van der Waals surface area contributed by atoms with Crippen LogP contribution in [0, 0.1) is 5.92 Å². The van der Waals surface area contributed by atoms with Crippen LogP contribution >= 0.6 is 7.92 Å². The zero-order valence-corrected chi connectivity index (χ0v) is 14.6. The zero-order chi connectivity index (χ0) is 13.8. The lowest BCUT2D eigenvalue weighted by molar-refractivity contribution is 0.382. The lowest BCUT2D eigenvalue weighted by Crippen LogP contribution is -2.29. The molecule has 0 spiro atoms. The average molecular weight is 294 g/mol. The minimum atomic E-state index is 0.358. The van der Waals surface area contributed by atoms with Gasteiger partial charge in [-0.25, -0.2) is 0 Å². The second-order valence-electron chi connectivity index (χ2n) is 7.96. The maximum atomic E-state index is 2.53. The monoisotopic (exact) mass is 294 g/mol. The standard InChI is InChI=1S/C19H35P/c1-16-9-8-14-19(15-16)20(17-10-4-2-5-11-17)18-12-6-3-7-13-18/h16-19H,2-15H2,1H3. The largest absolute Gasteiger partial charge is 0.0971 e.